The summed E-state index contributed by atoms with van der Waals surface area (Å²) in [6.07, 6.45) is 1.27. The van der Waals surface area contributed by atoms with E-state index in [0.717, 1.165) is 26.3 Å². The molecule has 0 aromatic rings. The summed E-state index contributed by atoms with van der Waals surface area (Å²) in [5.41, 5.74) is 0.419. The molecule has 1 atom stereocenters. The molecule has 2 fully saturated rings. The molecular formula is C9H18N2O. The van der Waals surface area contributed by atoms with Crippen LogP contribution in [0, 0.1) is 5.41 Å². The maximum atomic E-state index is 5.20. The van der Waals surface area contributed by atoms with Crippen LogP contribution in [0.15, 0.2) is 0 Å². The minimum absolute atomic E-state index is 0.419. The number of ether oxygens (including phenoxy) is 1. The van der Waals surface area contributed by atoms with E-state index in [1.807, 2.05) is 0 Å². The zero-order valence-electron chi connectivity index (χ0n) is 7.73. The highest BCUT2D eigenvalue weighted by atomic mass is 16.5. The van der Waals surface area contributed by atoms with Gasteiger partial charge in [0.05, 0.1) is 13.2 Å². The summed E-state index contributed by atoms with van der Waals surface area (Å²) in [6, 6.07) is 0.697. The van der Waals surface area contributed by atoms with Crippen LogP contribution in [0.5, 0.6) is 0 Å². The van der Waals surface area contributed by atoms with Crippen LogP contribution in [0.1, 0.15) is 13.3 Å². The lowest BCUT2D eigenvalue weighted by Crippen LogP contribution is -2.49. The third-order valence-corrected chi connectivity index (χ3v) is 2.78. The minimum Gasteiger partial charge on any atom is -0.380 e. The van der Waals surface area contributed by atoms with E-state index >= 15 is 0 Å². The maximum Gasteiger partial charge on any atom is 0.0554 e. The van der Waals surface area contributed by atoms with Crippen molar-refractivity contribution in [2.75, 3.05) is 32.8 Å². The molecule has 2 aliphatic rings. The summed E-state index contributed by atoms with van der Waals surface area (Å²) in [4.78, 5) is 0. The molecule has 3 heteroatoms. The van der Waals surface area contributed by atoms with Gasteiger partial charge in [0.25, 0.3) is 0 Å². The molecule has 2 saturated heterocycles. The Labute approximate surface area is 73.9 Å². The number of rotatable bonds is 3. The Hall–Kier alpha value is -0.120. The van der Waals surface area contributed by atoms with Crippen molar-refractivity contribution in [2.24, 2.45) is 5.41 Å². The molecule has 2 N–H and O–H groups in total. The highest BCUT2D eigenvalue weighted by Gasteiger charge is 2.33. The molecule has 0 spiro atoms. The molecule has 0 amide bonds. The topological polar surface area (TPSA) is 33.3 Å². The third kappa shape index (κ3) is 1.79. The maximum absolute atomic E-state index is 5.20. The number of hydrogen-bond acceptors (Lipinski definition) is 3. The van der Waals surface area contributed by atoms with E-state index in [9.17, 15) is 0 Å². The van der Waals surface area contributed by atoms with Gasteiger partial charge in [0.1, 0.15) is 0 Å². The number of nitrogens with one attached hydrogen (secondary N) is 2. The quantitative estimate of drug-likeness (QED) is 0.624. The zero-order chi connectivity index (χ0) is 8.44. The van der Waals surface area contributed by atoms with E-state index in [1.165, 1.54) is 13.0 Å². The fraction of sp³-hybridized carbons (Fsp3) is 1.00. The highest BCUT2D eigenvalue weighted by molar-refractivity contribution is 4.86. The van der Waals surface area contributed by atoms with E-state index < -0.39 is 0 Å². The predicted molar refractivity (Wildman–Crippen MR) is 48.2 cm³/mol. The van der Waals surface area contributed by atoms with E-state index in [0.29, 0.717) is 11.5 Å². The van der Waals surface area contributed by atoms with Crippen LogP contribution >= 0.6 is 0 Å². The SMILES string of the molecule is CC1(CNC2CCNC2)COC1. The minimum atomic E-state index is 0.419. The van der Waals surface area contributed by atoms with Gasteiger partial charge < -0.3 is 15.4 Å². The average molecular weight is 170 g/mol. The van der Waals surface area contributed by atoms with Gasteiger partial charge in [0.2, 0.25) is 0 Å². The van der Waals surface area contributed by atoms with Crippen molar-refractivity contribution in [1.29, 1.82) is 0 Å². The van der Waals surface area contributed by atoms with E-state index in [2.05, 4.69) is 17.6 Å². The Morgan fingerprint density at radius 1 is 1.58 bits per heavy atom. The molecule has 0 bridgehead atoms. The van der Waals surface area contributed by atoms with Crippen molar-refractivity contribution in [2.45, 2.75) is 19.4 Å². The lowest BCUT2D eigenvalue weighted by molar-refractivity contribution is -0.0998. The van der Waals surface area contributed by atoms with Crippen molar-refractivity contribution in [1.82, 2.24) is 10.6 Å². The second-order valence-corrected chi connectivity index (χ2v) is 4.37. The fourth-order valence-electron chi connectivity index (χ4n) is 1.77. The first-order valence-electron chi connectivity index (χ1n) is 4.80. The molecule has 2 heterocycles. The normalized spacial score (nSPS) is 33.2. The van der Waals surface area contributed by atoms with Gasteiger partial charge in [0, 0.05) is 24.5 Å². The molecule has 1 unspecified atom stereocenters. The first-order valence-corrected chi connectivity index (χ1v) is 4.80. The molecule has 3 nitrogen and oxygen atoms in total. The summed E-state index contributed by atoms with van der Waals surface area (Å²) < 4.78 is 5.20. The molecule has 2 rings (SSSR count). The molecule has 70 valence electrons. The van der Waals surface area contributed by atoms with E-state index in [-0.39, 0.29) is 0 Å². The van der Waals surface area contributed by atoms with Crippen molar-refractivity contribution in [3.63, 3.8) is 0 Å². The zero-order valence-corrected chi connectivity index (χ0v) is 7.73. The van der Waals surface area contributed by atoms with Gasteiger partial charge in [-0.2, -0.15) is 0 Å². The fourth-order valence-corrected chi connectivity index (χ4v) is 1.77. The van der Waals surface area contributed by atoms with Crippen molar-refractivity contribution < 1.29 is 4.74 Å². The molecule has 0 aromatic heterocycles. The smallest absolute Gasteiger partial charge is 0.0554 e. The molecule has 0 saturated carbocycles. The third-order valence-electron chi connectivity index (χ3n) is 2.78. The van der Waals surface area contributed by atoms with Crippen LogP contribution < -0.4 is 10.6 Å². The summed E-state index contributed by atoms with van der Waals surface area (Å²) in [5.74, 6) is 0. The van der Waals surface area contributed by atoms with Gasteiger partial charge in [-0.15, -0.1) is 0 Å². The van der Waals surface area contributed by atoms with Gasteiger partial charge in [-0.3, -0.25) is 0 Å². The summed E-state index contributed by atoms with van der Waals surface area (Å²) in [7, 11) is 0. The lowest BCUT2D eigenvalue weighted by Gasteiger charge is -2.38. The van der Waals surface area contributed by atoms with Crippen LogP contribution in [-0.2, 0) is 4.74 Å². The Morgan fingerprint density at radius 2 is 2.42 bits per heavy atom. The summed E-state index contributed by atoms with van der Waals surface area (Å²) in [5, 5.41) is 6.93. The van der Waals surface area contributed by atoms with Crippen LogP contribution in [0.25, 0.3) is 0 Å². The second kappa shape index (κ2) is 3.32. The Morgan fingerprint density at radius 3 is 2.92 bits per heavy atom. The molecular weight excluding hydrogens is 152 g/mol. The van der Waals surface area contributed by atoms with Crippen molar-refractivity contribution in [3.8, 4) is 0 Å². The largest absolute Gasteiger partial charge is 0.380 e. The highest BCUT2D eigenvalue weighted by Crippen LogP contribution is 2.25. The van der Waals surface area contributed by atoms with Gasteiger partial charge >= 0.3 is 0 Å². The Bertz CT molecular complexity index is 151. The second-order valence-electron chi connectivity index (χ2n) is 4.37. The van der Waals surface area contributed by atoms with Crippen LogP contribution in [0.3, 0.4) is 0 Å². The first kappa shape index (κ1) is 8.48. The van der Waals surface area contributed by atoms with Crippen molar-refractivity contribution >= 4 is 0 Å². The summed E-state index contributed by atoms with van der Waals surface area (Å²) >= 11 is 0. The van der Waals surface area contributed by atoms with Gasteiger partial charge in [-0.25, -0.2) is 0 Å². The molecule has 0 aliphatic carbocycles. The molecule has 0 radical (unpaired) electrons. The lowest BCUT2D eigenvalue weighted by atomic mass is 9.88. The molecule has 12 heavy (non-hydrogen) atoms. The monoisotopic (exact) mass is 170 g/mol. The van der Waals surface area contributed by atoms with Gasteiger partial charge in [-0.05, 0) is 13.0 Å². The van der Waals surface area contributed by atoms with Crippen LogP contribution in [0.4, 0.5) is 0 Å². The predicted octanol–water partition coefficient (Wildman–Crippen LogP) is -0.0256. The standard InChI is InChI=1S/C9H18N2O/c1-9(6-12-7-9)5-11-8-2-3-10-4-8/h8,10-11H,2-7H2,1H3. The van der Waals surface area contributed by atoms with E-state index in [1.54, 1.807) is 0 Å². The number of hydrogen-bond donors (Lipinski definition) is 2. The van der Waals surface area contributed by atoms with E-state index in [4.69, 9.17) is 4.74 Å². The molecule has 2 aliphatic heterocycles. The average Bonchev–Trinajstić information content (AvgIpc) is 2.49. The first-order chi connectivity index (χ1) is 5.79. The van der Waals surface area contributed by atoms with Gasteiger partial charge in [-0.1, -0.05) is 6.92 Å². The van der Waals surface area contributed by atoms with Crippen LogP contribution in [0.2, 0.25) is 0 Å². The Kier molecular flexibility index (Phi) is 2.35. The van der Waals surface area contributed by atoms with Crippen molar-refractivity contribution in [3.05, 3.63) is 0 Å². The van der Waals surface area contributed by atoms with Gasteiger partial charge in [0.15, 0.2) is 0 Å². The van der Waals surface area contributed by atoms with Crippen LogP contribution in [-0.4, -0.2) is 38.9 Å². The Balaban J connectivity index is 1.67. The summed E-state index contributed by atoms with van der Waals surface area (Å²) in [6.45, 7) is 7.56. The molecule has 0 aromatic carbocycles.